The van der Waals surface area contributed by atoms with Crippen molar-refractivity contribution in [3.63, 3.8) is 0 Å². The lowest BCUT2D eigenvalue weighted by Crippen LogP contribution is -2.34. The number of nitrogens with zero attached hydrogens (tertiary/aromatic N) is 5. The van der Waals surface area contributed by atoms with Crippen LogP contribution in [0.25, 0.3) is 5.65 Å². The van der Waals surface area contributed by atoms with Gasteiger partial charge in [-0.1, -0.05) is 30.3 Å². The molecule has 1 aliphatic heterocycles. The molecule has 1 aliphatic rings. The van der Waals surface area contributed by atoms with Crippen molar-refractivity contribution in [1.82, 2.24) is 19.8 Å². The molecule has 0 aliphatic carbocycles. The second-order valence-electron chi connectivity index (χ2n) is 6.39. The Morgan fingerprint density at radius 2 is 1.91 bits per heavy atom. The molecule has 1 saturated heterocycles. The van der Waals surface area contributed by atoms with E-state index < -0.39 is 0 Å². The van der Waals surface area contributed by atoms with E-state index in [1.54, 1.807) is 10.8 Å². The summed E-state index contributed by atoms with van der Waals surface area (Å²) in [5.41, 5.74) is 4.47. The number of hydrogen-bond acceptors (Lipinski definition) is 4. The molecular formula is C18H21N5. The minimum atomic E-state index is 0.769. The van der Waals surface area contributed by atoms with Crippen LogP contribution in [-0.2, 0) is 6.42 Å². The second-order valence-corrected chi connectivity index (χ2v) is 6.39. The number of hydrogen-bond donors (Lipinski definition) is 0. The number of fused-ring (bicyclic) bond motifs is 1. The minimum absolute atomic E-state index is 0.769. The van der Waals surface area contributed by atoms with Crippen LogP contribution < -0.4 is 4.90 Å². The van der Waals surface area contributed by atoms with E-state index in [-0.39, 0.29) is 0 Å². The van der Waals surface area contributed by atoms with Crippen LogP contribution in [0.15, 0.2) is 42.7 Å². The highest BCUT2D eigenvalue weighted by atomic mass is 15.4. The first kappa shape index (κ1) is 14.2. The van der Waals surface area contributed by atoms with E-state index in [1.807, 2.05) is 6.92 Å². The van der Waals surface area contributed by atoms with E-state index in [9.17, 15) is 0 Å². The van der Waals surface area contributed by atoms with Gasteiger partial charge in [-0.15, -0.1) is 10.2 Å². The van der Waals surface area contributed by atoms with E-state index in [0.717, 1.165) is 36.0 Å². The normalized spacial score (nSPS) is 16.1. The maximum Gasteiger partial charge on any atom is 0.200 e. The van der Waals surface area contributed by atoms with Gasteiger partial charge in [-0.2, -0.15) is 9.61 Å². The Morgan fingerprint density at radius 1 is 1.13 bits per heavy atom. The van der Waals surface area contributed by atoms with E-state index >= 15 is 0 Å². The smallest absolute Gasteiger partial charge is 0.200 e. The molecule has 118 valence electrons. The van der Waals surface area contributed by atoms with Gasteiger partial charge < -0.3 is 4.90 Å². The second kappa shape index (κ2) is 5.99. The van der Waals surface area contributed by atoms with Crippen molar-refractivity contribution in [2.75, 3.05) is 18.0 Å². The predicted octanol–water partition coefficient (Wildman–Crippen LogP) is 2.89. The standard InChI is InChI=1S/C18H21N5/c1-14-11-17(18-20-19-13-23(18)21-14)22-9-7-16(8-10-22)12-15-5-3-2-4-6-15/h2-6,11,13,16H,7-10,12H2,1H3. The van der Waals surface area contributed by atoms with Crippen LogP contribution in [0.3, 0.4) is 0 Å². The summed E-state index contributed by atoms with van der Waals surface area (Å²) in [6.07, 6.45) is 5.30. The van der Waals surface area contributed by atoms with E-state index in [1.165, 1.54) is 24.8 Å². The monoisotopic (exact) mass is 307 g/mol. The number of benzene rings is 1. The zero-order chi connectivity index (χ0) is 15.6. The van der Waals surface area contributed by atoms with Gasteiger partial charge in [0, 0.05) is 13.1 Å². The van der Waals surface area contributed by atoms with Crippen molar-refractivity contribution in [3.8, 4) is 0 Å². The topological polar surface area (TPSA) is 46.3 Å². The van der Waals surface area contributed by atoms with Crippen molar-refractivity contribution < 1.29 is 0 Å². The number of rotatable bonds is 3. The van der Waals surface area contributed by atoms with Crippen molar-refractivity contribution in [2.24, 2.45) is 5.92 Å². The Labute approximate surface area is 136 Å². The third-order valence-electron chi connectivity index (χ3n) is 4.69. The average molecular weight is 307 g/mol. The summed E-state index contributed by atoms with van der Waals surface area (Å²) < 4.78 is 1.78. The Bertz CT molecular complexity index is 788. The van der Waals surface area contributed by atoms with Crippen molar-refractivity contribution in [3.05, 3.63) is 54.0 Å². The van der Waals surface area contributed by atoms with Gasteiger partial charge >= 0.3 is 0 Å². The van der Waals surface area contributed by atoms with Gasteiger partial charge in [-0.3, -0.25) is 0 Å². The molecule has 0 N–H and O–H groups in total. The number of aromatic nitrogens is 4. The summed E-state index contributed by atoms with van der Waals surface area (Å²) >= 11 is 0. The molecule has 0 spiro atoms. The van der Waals surface area contributed by atoms with Crippen molar-refractivity contribution in [1.29, 1.82) is 0 Å². The summed E-state index contributed by atoms with van der Waals surface area (Å²) in [6.45, 7) is 4.16. The zero-order valence-corrected chi connectivity index (χ0v) is 13.4. The van der Waals surface area contributed by atoms with Crippen molar-refractivity contribution in [2.45, 2.75) is 26.2 Å². The summed E-state index contributed by atoms with van der Waals surface area (Å²) in [6, 6.07) is 12.9. The molecule has 4 rings (SSSR count). The maximum absolute atomic E-state index is 4.43. The lowest BCUT2D eigenvalue weighted by molar-refractivity contribution is 0.404. The molecular weight excluding hydrogens is 286 g/mol. The van der Waals surface area contributed by atoms with Crippen LogP contribution in [-0.4, -0.2) is 32.9 Å². The molecule has 0 saturated carbocycles. The molecule has 2 aromatic heterocycles. The van der Waals surface area contributed by atoms with Crippen LogP contribution in [0.2, 0.25) is 0 Å². The fourth-order valence-corrected chi connectivity index (χ4v) is 3.49. The SMILES string of the molecule is Cc1cc(N2CCC(Cc3ccccc3)CC2)c2nncn2n1. The molecule has 0 unspecified atom stereocenters. The first-order chi connectivity index (χ1) is 11.3. The third kappa shape index (κ3) is 2.91. The maximum atomic E-state index is 4.43. The Morgan fingerprint density at radius 3 is 2.70 bits per heavy atom. The Hall–Kier alpha value is -2.43. The van der Waals surface area contributed by atoms with E-state index in [0.29, 0.717) is 0 Å². The van der Waals surface area contributed by atoms with E-state index in [4.69, 9.17) is 0 Å². The molecule has 0 amide bonds. The molecule has 0 atom stereocenters. The predicted molar refractivity (Wildman–Crippen MR) is 90.6 cm³/mol. The molecule has 5 nitrogen and oxygen atoms in total. The molecule has 5 heteroatoms. The Kier molecular flexibility index (Phi) is 3.69. The fourth-order valence-electron chi connectivity index (χ4n) is 3.49. The van der Waals surface area contributed by atoms with Gasteiger partial charge in [0.25, 0.3) is 0 Å². The highest BCUT2D eigenvalue weighted by Gasteiger charge is 2.22. The van der Waals surface area contributed by atoms with Crippen LogP contribution in [0.5, 0.6) is 0 Å². The Balaban J connectivity index is 1.47. The van der Waals surface area contributed by atoms with Crippen LogP contribution in [0.4, 0.5) is 5.69 Å². The molecule has 23 heavy (non-hydrogen) atoms. The molecule has 3 aromatic rings. The minimum Gasteiger partial charge on any atom is -0.368 e. The molecule has 1 fully saturated rings. The summed E-state index contributed by atoms with van der Waals surface area (Å²) in [4.78, 5) is 2.43. The molecule has 0 bridgehead atoms. The lowest BCUT2D eigenvalue weighted by atomic mass is 9.90. The van der Waals surface area contributed by atoms with Crippen LogP contribution in [0.1, 0.15) is 24.1 Å². The first-order valence-corrected chi connectivity index (χ1v) is 8.26. The summed E-state index contributed by atoms with van der Waals surface area (Å²) in [5.74, 6) is 0.769. The highest BCUT2D eigenvalue weighted by Crippen LogP contribution is 2.28. The number of aryl methyl sites for hydroxylation is 1. The van der Waals surface area contributed by atoms with Crippen molar-refractivity contribution >= 4 is 11.3 Å². The fraction of sp³-hybridized carbons (Fsp3) is 0.389. The molecule has 1 aromatic carbocycles. The summed E-state index contributed by atoms with van der Waals surface area (Å²) in [5, 5.41) is 12.6. The quantitative estimate of drug-likeness (QED) is 0.746. The van der Waals surface area contributed by atoms with Gasteiger partial charge in [0.2, 0.25) is 5.65 Å². The largest absolute Gasteiger partial charge is 0.368 e. The first-order valence-electron chi connectivity index (χ1n) is 8.26. The molecule has 0 radical (unpaired) electrons. The number of anilines is 1. The van der Waals surface area contributed by atoms with Gasteiger partial charge in [-0.25, -0.2) is 0 Å². The van der Waals surface area contributed by atoms with Gasteiger partial charge in [0.1, 0.15) is 6.33 Å². The number of piperidine rings is 1. The summed E-state index contributed by atoms with van der Waals surface area (Å²) in [7, 11) is 0. The van der Waals surface area contributed by atoms with E-state index in [2.05, 4.69) is 56.6 Å². The third-order valence-corrected chi connectivity index (χ3v) is 4.69. The average Bonchev–Trinajstić information content (AvgIpc) is 3.04. The van der Waals surface area contributed by atoms with Gasteiger partial charge in [-0.05, 0) is 43.7 Å². The highest BCUT2D eigenvalue weighted by molar-refractivity contribution is 5.68. The van der Waals surface area contributed by atoms with Crippen LogP contribution >= 0.6 is 0 Å². The van der Waals surface area contributed by atoms with Gasteiger partial charge in [0.05, 0.1) is 11.4 Å². The lowest BCUT2D eigenvalue weighted by Gasteiger charge is -2.33. The zero-order valence-electron chi connectivity index (χ0n) is 13.4. The molecule has 3 heterocycles. The van der Waals surface area contributed by atoms with Crippen LogP contribution in [0, 0.1) is 12.8 Å². The van der Waals surface area contributed by atoms with Gasteiger partial charge in [0.15, 0.2) is 0 Å².